The Bertz CT molecular complexity index is 404. The monoisotopic (exact) mass is 263 g/mol. The fraction of sp³-hybridized carbons (Fsp3) is 0.533. The van der Waals surface area contributed by atoms with Crippen molar-refractivity contribution < 1.29 is 4.79 Å². The second-order valence-electron chi connectivity index (χ2n) is 5.02. The van der Waals surface area contributed by atoms with Crippen molar-refractivity contribution in [1.82, 2.24) is 4.90 Å². The highest BCUT2D eigenvalue weighted by Gasteiger charge is 2.11. The minimum absolute atomic E-state index is 0.0800. The molecule has 0 fully saturated rings. The van der Waals surface area contributed by atoms with Crippen LogP contribution in [0.4, 0.5) is 5.69 Å². The average Bonchev–Trinajstić information content (AvgIpc) is 2.42. The molecule has 0 bridgehead atoms. The standard InChI is InChI=1S/C15H25N3O/c1-17(2)14-9-7-8-13(12-14)15(19)18(3)11-6-4-5-10-16/h7-9,12H,4-6,10-11,16H2,1-3H3. The number of nitrogens with zero attached hydrogens (tertiary/aromatic N) is 2. The molecule has 0 aliphatic heterocycles. The first-order valence-corrected chi connectivity index (χ1v) is 6.79. The minimum Gasteiger partial charge on any atom is -0.378 e. The number of amides is 1. The summed E-state index contributed by atoms with van der Waals surface area (Å²) in [5.41, 5.74) is 7.24. The topological polar surface area (TPSA) is 49.6 Å². The number of hydrogen-bond acceptors (Lipinski definition) is 3. The molecule has 1 aromatic rings. The smallest absolute Gasteiger partial charge is 0.253 e. The molecular weight excluding hydrogens is 238 g/mol. The number of hydrogen-bond donors (Lipinski definition) is 1. The van der Waals surface area contributed by atoms with Crippen LogP contribution in [-0.2, 0) is 0 Å². The number of carbonyl (C=O) groups excluding carboxylic acids is 1. The third-order valence-electron chi connectivity index (χ3n) is 3.15. The Morgan fingerprint density at radius 2 is 1.89 bits per heavy atom. The third-order valence-corrected chi connectivity index (χ3v) is 3.15. The number of anilines is 1. The van der Waals surface area contributed by atoms with Crippen molar-refractivity contribution in [2.75, 3.05) is 39.1 Å². The Hall–Kier alpha value is -1.55. The summed E-state index contributed by atoms with van der Waals surface area (Å²) in [4.78, 5) is 16.0. The summed E-state index contributed by atoms with van der Waals surface area (Å²) in [6, 6.07) is 7.72. The maximum absolute atomic E-state index is 12.3. The molecule has 0 aliphatic rings. The fourth-order valence-electron chi connectivity index (χ4n) is 1.91. The Balaban J connectivity index is 2.58. The van der Waals surface area contributed by atoms with Crippen molar-refractivity contribution in [1.29, 1.82) is 0 Å². The lowest BCUT2D eigenvalue weighted by molar-refractivity contribution is 0.0792. The molecule has 0 unspecified atom stereocenters. The predicted octanol–water partition coefficient (Wildman–Crippen LogP) is 1.95. The zero-order valence-corrected chi connectivity index (χ0v) is 12.2. The zero-order valence-electron chi connectivity index (χ0n) is 12.2. The minimum atomic E-state index is 0.0800. The van der Waals surface area contributed by atoms with E-state index < -0.39 is 0 Å². The summed E-state index contributed by atoms with van der Waals surface area (Å²) >= 11 is 0. The van der Waals surface area contributed by atoms with E-state index >= 15 is 0 Å². The van der Waals surface area contributed by atoms with Crippen molar-refractivity contribution in [3.8, 4) is 0 Å². The largest absolute Gasteiger partial charge is 0.378 e. The van der Waals surface area contributed by atoms with Crippen LogP contribution in [0.2, 0.25) is 0 Å². The van der Waals surface area contributed by atoms with Crippen LogP contribution in [-0.4, -0.2) is 45.0 Å². The van der Waals surface area contributed by atoms with Gasteiger partial charge in [0.15, 0.2) is 0 Å². The van der Waals surface area contributed by atoms with Gasteiger partial charge >= 0.3 is 0 Å². The highest BCUT2D eigenvalue weighted by Crippen LogP contribution is 2.15. The van der Waals surface area contributed by atoms with E-state index in [1.54, 1.807) is 4.90 Å². The van der Waals surface area contributed by atoms with Gasteiger partial charge in [0, 0.05) is 38.9 Å². The summed E-state index contributed by atoms with van der Waals surface area (Å²) in [7, 11) is 5.80. The molecule has 2 N–H and O–H groups in total. The Labute approximate surface area is 116 Å². The van der Waals surface area contributed by atoms with Crippen LogP contribution in [0.25, 0.3) is 0 Å². The lowest BCUT2D eigenvalue weighted by Crippen LogP contribution is -2.28. The van der Waals surface area contributed by atoms with E-state index in [9.17, 15) is 4.79 Å². The van der Waals surface area contributed by atoms with E-state index in [1.807, 2.05) is 50.3 Å². The molecule has 4 heteroatoms. The van der Waals surface area contributed by atoms with E-state index in [0.29, 0.717) is 0 Å². The van der Waals surface area contributed by atoms with E-state index in [2.05, 4.69) is 0 Å². The SMILES string of the molecule is CN(CCCCCN)C(=O)c1cccc(N(C)C)c1. The van der Waals surface area contributed by atoms with Crippen molar-refractivity contribution in [3.05, 3.63) is 29.8 Å². The number of nitrogens with two attached hydrogens (primary N) is 1. The van der Waals surface area contributed by atoms with Gasteiger partial charge in [0.05, 0.1) is 0 Å². The second kappa shape index (κ2) is 7.79. The quantitative estimate of drug-likeness (QED) is 0.765. The Morgan fingerprint density at radius 3 is 2.53 bits per heavy atom. The molecule has 0 aliphatic carbocycles. The van der Waals surface area contributed by atoms with Crippen LogP contribution in [0.5, 0.6) is 0 Å². The summed E-state index contributed by atoms with van der Waals surface area (Å²) in [5, 5.41) is 0. The van der Waals surface area contributed by atoms with Gasteiger partial charge in [-0.3, -0.25) is 4.79 Å². The molecule has 106 valence electrons. The normalized spacial score (nSPS) is 10.3. The maximum atomic E-state index is 12.3. The first kappa shape index (κ1) is 15.5. The van der Waals surface area contributed by atoms with Gasteiger partial charge in [-0.1, -0.05) is 12.5 Å². The number of unbranched alkanes of at least 4 members (excludes halogenated alkanes) is 2. The van der Waals surface area contributed by atoms with Crippen molar-refractivity contribution in [2.24, 2.45) is 5.73 Å². The average molecular weight is 263 g/mol. The van der Waals surface area contributed by atoms with Gasteiger partial charge in [-0.15, -0.1) is 0 Å². The van der Waals surface area contributed by atoms with Crippen molar-refractivity contribution in [3.63, 3.8) is 0 Å². The predicted molar refractivity (Wildman–Crippen MR) is 80.6 cm³/mol. The van der Waals surface area contributed by atoms with Gasteiger partial charge in [0.1, 0.15) is 0 Å². The number of carbonyl (C=O) groups is 1. The molecular formula is C15H25N3O. The van der Waals surface area contributed by atoms with Crippen LogP contribution in [0.15, 0.2) is 24.3 Å². The molecule has 0 radical (unpaired) electrons. The molecule has 1 aromatic carbocycles. The Morgan fingerprint density at radius 1 is 1.16 bits per heavy atom. The van der Waals surface area contributed by atoms with E-state index in [-0.39, 0.29) is 5.91 Å². The number of benzene rings is 1. The van der Waals surface area contributed by atoms with Crippen LogP contribution in [0.1, 0.15) is 29.6 Å². The second-order valence-corrected chi connectivity index (χ2v) is 5.02. The fourth-order valence-corrected chi connectivity index (χ4v) is 1.91. The maximum Gasteiger partial charge on any atom is 0.253 e. The summed E-state index contributed by atoms with van der Waals surface area (Å²) in [5.74, 6) is 0.0800. The van der Waals surface area contributed by atoms with Crippen LogP contribution in [0.3, 0.4) is 0 Å². The van der Waals surface area contributed by atoms with Gasteiger partial charge in [-0.05, 0) is 37.6 Å². The number of rotatable bonds is 7. The van der Waals surface area contributed by atoms with E-state index in [1.165, 1.54) is 0 Å². The summed E-state index contributed by atoms with van der Waals surface area (Å²) in [6.07, 6.45) is 3.11. The first-order valence-electron chi connectivity index (χ1n) is 6.79. The zero-order chi connectivity index (χ0) is 14.3. The molecule has 19 heavy (non-hydrogen) atoms. The molecule has 0 spiro atoms. The van der Waals surface area contributed by atoms with Gasteiger partial charge in [-0.2, -0.15) is 0 Å². The van der Waals surface area contributed by atoms with Crippen molar-refractivity contribution in [2.45, 2.75) is 19.3 Å². The van der Waals surface area contributed by atoms with Gasteiger partial charge < -0.3 is 15.5 Å². The lowest BCUT2D eigenvalue weighted by atomic mass is 10.1. The lowest BCUT2D eigenvalue weighted by Gasteiger charge is -2.19. The van der Waals surface area contributed by atoms with E-state index in [4.69, 9.17) is 5.73 Å². The molecule has 0 heterocycles. The molecule has 1 amide bonds. The summed E-state index contributed by atoms with van der Waals surface area (Å²) < 4.78 is 0. The molecule has 1 rings (SSSR count). The van der Waals surface area contributed by atoms with Gasteiger partial charge in [-0.25, -0.2) is 0 Å². The molecule has 4 nitrogen and oxygen atoms in total. The molecule has 0 atom stereocenters. The molecule has 0 saturated heterocycles. The van der Waals surface area contributed by atoms with Crippen molar-refractivity contribution >= 4 is 11.6 Å². The van der Waals surface area contributed by atoms with E-state index in [0.717, 1.165) is 43.6 Å². The highest BCUT2D eigenvalue weighted by atomic mass is 16.2. The molecule has 0 saturated carbocycles. The summed E-state index contributed by atoms with van der Waals surface area (Å²) in [6.45, 7) is 1.51. The van der Waals surface area contributed by atoms with Crippen LogP contribution in [0, 0.1) is 0 Å². The molecule has 0 aromatic heterocycles. The highest BCUT2D eigenvalue weighted by molar-refractivity contribution is 5.95. The third kappa shape index (κ3) is 4.91. The van der Waals surface area contributed by atoms with Gasteiger partial charge in [0.25, 0.3) is 5.91 Å². The van der Waals surface area contributed by atoms with Gasteiger partial charge in [0.2, 0.25) is 0 Å². The van der Waals surface area contributed by atoms with Crippen LogP contribution >= 0.6 is 0 Å². The van der Waals surface area contributed by atoms with Crippen LogP contribution < -0.4 is 10.6 Å². The first-order chi connectivity index (χ1) is 9.06. The Kier molecular flexibility index (Phi) is 6.36.